The van der Waals surface area contributed by atoms with Crippen molar-refractivity contribution < 1.29 is 37.4 Å². The first-order valence-corrected chi connectivity index (χ1v) is 14.6. The SMILES string of the molecule is CC(C)OC(=O)[C@@H](C)NP(=O)(OC[C@H]1O[C@@H](n2cc(Cl)c(N)nc2=O)[C@](C)(F)[C@@H]1O)Oc1cccc2ccccc12. The number of carbonyl (C=O) groups is 1. The summed E-state index contributed by atoms with van der Waals surface area (Å²) in [6.45, 7) is 5.08. The second-order valence-corrected chi connectivity index (χ2v) is 12.1. The molecular formula is C26H31ClFN4O8P. The zero-order chi connectivity index (χ0) is 30.1. The van der Waals surface area contributed by atoms with Gasteiger partial charge in [0.1, 0.15) is 29.8 Å². The zero-order valence-electron chi connectivity index (χ0n) is 22.7. The fourth-order valence-corrected chi connectivity index (χ4v) is 5.94. The fraction of sp³-hybridized carbons (Fsp3) is 0.423. The number of aromatic nitrogens is 2. The molecule has 41 heavy (non-hydrogen) atoms. The van der Waals surface area contributed by atoms with Gasteiger partial charge in [-0.25, -0.2) is 13.8 Å². The minimum atomic E-state index is -4.42. The van der Waals surface area contributed by atoms with Gasteiger partial charge in [0.15, 0.2) is 11.9 Å². The number of nitrogens with two attached hydrogens (primary N) is 1. The van der Waals surface area contributed by atoms with E-state index >= 15 is 4.39 Å². The van der Waals surface area contributed by atoms with E-state index in [4.69, 9.17) is 35.9 Å². The maximum Gasteiger partial charge on any atom is 0.459 e. The number of benzene rings is 2. The van der Waals surface area contributed by atoms with E-state index in [1.807, 2.05) is 18.2 Å². The number of alkyl halides is 1. The van der Waals surface area contributed by atoms with E-state index in [0.717, 1.165) is 23.1 Å². The van der Waals surface area contributed by atoms with Crippen LogP contribution in [0.2, 0.25) is 5.02 Å². The maximum atomic E-state index is 15.7. The summed E-state index contributed by atoms with van der Waals surface area (Å²) >= 11 is 5.96. The van der Waals surface area contributed by atoms with Gasteiger partial charge >= 0.3 is 19.4 Å². The number of nitrogen functional groups attached to an aromatic ring is 1. The van der Waals surface area contributed by atoms with Gasteiger partial charge in [-0.05, 0) is 39.1 Å². The predicted molar refractivity (Wildman–Crippen MR) is 149 cm³/mol. The Balaban J connectivity index is 1.60. The third-order valence-corrected chi connectivity index (χ3v) is 8.26. The van der Waals surface area contributed by atoms with Crippen molar-refractivity contribution in [1.82, 2.24) is 14.6 Å². The van der Waals surface area contributed by atoms with Gasteiger partial charge in [-0.2, -0.15) is 10.1 Å². The molecule has 1 aromatic heterocycles. The van der Waals surface area contributed by atoms with Crippen LogP contribution in [-0.2, 0) is 23.4 Å². The van der Waals surface area contributed by atoms with Crippen LogP contribution >= 0.6 is 19.3 Å². The van der Waals surface area contributed by atoms with Crippen molar-refractivity contribution >= 4 is 41.9 Å². The van der Waals surface area contributed by atoms with Gasteiger partial charge in [-0.1, -0.05) is 48.0 Å². The van der Waals surface area contributed by atoms with E-state index < -0.39 is 62.3 Å². The molecule has 15 heteroatoms. The number of fused-ring (bicyclic) bond motifs is 1. The number of esters is 1. The average molecular weight is 613 g/mol. The van der Waals surface area contributed by atoms with Crippen molar-refractivity contribution in [2.75, 3.05) is 12.3 Å². The standard InChI is InChI=1S/C26H31ClFN4O8P/c1-14(2)38-23(34)15(3)31-41(36,40-19-11-7-9-16-8-5-6-10-17(16)19)37-13-20-21(33)26(4,28)24(39-20)32-12-18(27)22(29)30-25(32)35/h5-12,14-15,20-21,24,33H,13H2,1-4H3,(H,31,36)(H2,29,30,35)/t15-,20-,21-,24-,26-,41?/m1/s1. The summed E-state index contributed by atoms with van der Waals surface area (Å²) in [5.41, 5.74) is 2.06. The molecule has 1 fully saturated rings. The molecule has 3 aromatic rings. The third kappa shape index (κ3) is 6.72. The maximum absolute atomic E-state index is 15.7. The van der Waals surface area contributed by atoms with Crippen molar-refractivity contribution in [3.63, 3.8) is 0 Å². The van der Waals surface area contributed by atoms with Crippen molar-refractivity contribution in [3.05, 3.63) is 64.2 Å². The number of nitrogens with one attached hydrogen (secondary N) is 1. The highest BCUT2D eigenvalue weighted by molar-refractivity contribution is 7.52. The quantitative estimate of drug-likeness (QED) is 0.226. The van der Waals surface area contributed by atoms with E-state index in [1.165, 1.54) is 6.92 Å². The van der Waals surface area contributed by atoms with Gasteiger partial charge in [-0.15, -0.1) is 0 Å². The highest BCUT2D eigenvalue weighted by atomic mass is 35.5. The normalized spacial score (nSPS) is 24.7. The molecule has 0 amide bonds. The lowest BCUT2D eigenvalue weighted by Crippen LogP contribution is -2.43. The highest BCUT2D eigenvalue weighted by Crippen LogP contribution is 2.49. The molecule has 1 aliphatic heterocycles. The number of carbonyl (C=O) groups excluding carboxylic acids is 1. The Bertz CT molecular complexity index is 1530. The van der Waals surface area contributed by atoms with E-state index in [9.17, 15) is 19.3 Å². The van der Waals surface area contributed by atoms with Crippen molar-refractivity contribution in [2.24, 2.45) is 0 Å². The highest BCUT2D eigenvalue weighted by Gasteiger charge is 2.56. The summed E-state index contributed by atoms with van der Waals surface area (Å²) in [5.74, 6) is -0.792. The molecule has 4 N–H and O–H groups in total. The lowest BCUT2D eigenvalue weighted by Gasteiger charge is -2.26. The minimum Gasteiger partial charge on any atom is -0.462 e. The molecule has 2 aromatic carbocycles. The number of aliphatic hydroxyl groups excluding tert-OH is 1. The van der Waals surface area contributed by atoms with Gasteiger partial charge < -0.3 is 24.8 Å². The Morgan fingerprint density at radius 1 is 1.29 bits per heavy atom. The monoisotopic (exact) mass is 612 g/mol. The molecule has 1 saturated heterocycles. The zero-order valence-corrected chi connectivity index (χ0v) is 24.3. The number of rotatable bonds is 10. The number of halogens is 2. The molecular weight excluding hydrogens is 582 g/mol. The smallest absolute Gasteiger partial charge is 0.459 e. The number of aliphatic hydroxyl groups is 1. The van der Waals surface area contributed by atoms with Crippen LogP contribution in [0.5, 0.6) is 5.75 Å². The van der Waals surface area contributed by atoms with Gasteiger partial charge in [0.25, 0.3) is 0 Å². The molecule has 4 rings (SSSR count). The Hall–Kier alpha value is -3.06. The topological polar surface area (TPSA) is 164 Å². The lowest BCUT2D eigenvalue weighted by atomic mass is 9.98. The van der Waals surface area contributed by atoms with Crippen LogP contribution in [0.15, 0.2) is 53.5 Å². The second kappa shape index (κ2) is 12.0. The van der Waals surface area contributed by atoms with Crippen LogP contribution in [0.1, 0.15) is 33.9 Å². The molecule has 0 aliphatic carbocycles. The molecule has 0 spiro atoms. The molecule has 12 nitrogen and oxygen atoms in total. The molecule has 0 radical (unpaired) electrons. The van der Waals surface area contributed by atoms with Gasteiger partial charge in [0.05, 0.1) is 17.7 Å². The predicted octanol–water partition coefficient (Wildman–Crippen LogP) is 3.75. The van der Waals surface area contributed by atoms with E-state index in [0.29, 0.717) is 5.39 Å². The number of ether oxygens (including phenoxy) is 2. The van der Waals surface area contributed by atoms with Gasteiger partial charge in [-0.3, -0.25) is 13.9 Å². The molecule has 1 unspecified atom stereocenters. The largest absolute Gasteiger partial charge is 0.462 e. The molecule has 2 heterocycles. The lowest BCUT2D eigenvalue weighted by molar-refractivity contribution is -0.149. The van der Waals surface area contributed by atoms with E-state index in [-0.39, 0.29) is 16.6 Å². The van der Waals surface area contributed by atoms with Gasteiger partial charge in [0, 0.05) is 11.6 Å². The average Bonchev–Trinajstić information content (AvgIpc) is 3.13. The number of nitrogens with zero attached hydrogens (tertiary/aromatic N) is 2. The van der Waals surface area contributed by atoms with Crippen LogP contribution in [0, 0.1) is 0 Å². The van der Waals surface area contributed by atoms with Crippen molar-refractivity contribution in [3.8, 4) is 5.75 Å². The summed E-state index contributed by atoms with van der Waals surface area (Å²) in [6.07, 6.45) is -4.34. The Labute approximate surface area is 240 Å². The van der Waals surface area contributed by atoms with E-state index in [2.05, 4.69) is 10.1 Å². The summed E-state index contributed by atoms with van der Waals surface area (Å²) in [4.78, 5) is 28.4. The summed E-state index contributed by atoms with van der Waals surface area (Å²) in [6, 6.07) is 11.1. The van der Waals surface area contributed by atoms with Crippen LogP contribution in [0.3, 0.4) is 0 Å². The molecule has 6 atom stereocenters. The Kier molecular flexibility index (Phi) is 9.07. The third-order valence-electron chi connectivity index (χ3n) is 6.34. The van der Waals surface area contributed by atoms with Crippen LogP contribution < -0.4 is 21.0 Å². The van der Waals surface area contributed by atoms with Crippen LogP contribution in [0.25, 0.3) is 10.8 Å². The minimum absolute atomic E-state index is 0.127. The molecule has 0 bridgehead atoms. The first-order valence-electron chi connectivity index (χ1n) is 12.7. The van der Waals surface area contributed by atoms with Crippen molar-refractivity contribution in [1.29, 1.82) is 0 Å². The molecule has 0 saturated carbocycles. The Morgan fingerprint density at radius 3 is 2.68 bits per heavy atom. The fourth-order valence-electron chi connectivity index (χ4n) is 4.27. The number of anilines is 1. The van der Waals surface area contributed by atoms with Crippen LogP contribution in [0.4, 0.5) is 10.2 Å². The first kappa shape index (κ1) is 30.9. The van der Waals surface area contributed by atoms with E-state index in [1.54, 1.807) is 38.1 Å². The molecule has 222 valence electrons. The number of hydrogen-bond acceptors (Lipinski definition) is 10. The molecule has 1 aliphatic rings. The summed E-state index contributed by atoms with van der Waals surface area (Å²) < 4.78 is 52.8. The second-order valence-electron chi connectivity index (χ2n) is 9.99. The number of hydrogen-bond donors (Lipinski definition) is 3. The summed E-state index contributed by atoms with van der Waals surface area (Å²) in [5, 5.41) is 14.6. The van der Waals surface area contributed by atoms with Crippen molar-refractivity contribution in [2.45, 2.75) is 63.9 Å². The summed E-state index contributed by atoms with van der Waals surface area (Å²) in [7, 11) is -4.42. The Morgan fingerprint density at radius 2 is 1.98 bits per heavy atom. The van der Waals surface area contributed by atoms with Gasteiger partial charge in [0.2, 0.25) is 0 Å². The first-order chi connectivity index (χ1) is 19.2. The van der Waals surface area contributed by atoms with Crippen LogP contribution in [-0.4, -0.2) is 57.3 Å².